The van der Waals surface area contributed by atoms with Gasteiger partial charge in [0.2, 0.25) is 0 Å². The molecule has 0 unspecified atom stereocenters. The quantitative estimate of drug-likeness (QED) is 0.478. The van der Waals surface area contributed by atoms with Gasteiger partial charge >= 0.3 is 0 Å². The first-order valence-electron chi connectivity index (χ1n) is 5.37. The number of nitrogens with one attached hydrogen (secondary N) is 1. The van der Waals surface area contributed by atoms with Crippen LogP contribution in [0.15, 0.2) is 30.3 Å². The van der Waals surface area contributed by atoms with Crippen LogP contribution < -0.4 is 11.1 Å². The molecule has 2 rings (SSSR count). The smallest absolute Gasteiger partial charge is 0.106 e. The summed E-state index contributed by atoms with van der Waals surface area (Å²) in [7, 11) is 0. The molecule has 2 aromatic rings. The minimum Gasteiger partial charge on any atom is -0.395 e. The Balaban J connectivity index is 1.98. The van der Waals surface area contributed by atoms with Crippen LogP contribution >= 0.6 is 23.1 Å². The van der Waals surface area contributed by atoms with Crippen LogP contribution in [0, 0.1) is 0 Å². The number of thioether (sulfide) groups is 1. The largest absolute Gasteiger partial charge is 0.395 e. The van der Waals surface area contributed by atoms with Crippen molar-refractivity contribution < 1.29 is 0 Å². The third-order valence-corrected chi connectivity index (χ3v) is 4.10. The predicted molar refractivity (Wildman–Crippen MR) is 80.0 cm³/mol. The molecule has 0 bridgehead atoms. The fourth-order valence-electron chi connectivity index (χ4n) is 1.53. The van der Waals surface area contributed by atoms with Gasteiger partial charge in [0.15, 0.2) is 0 Å². The van der Waals surface area contributed by atoms with Gasteiger partial charge in [-0.2, -0.15) is 11.8 Å². The molecule has 3 N–H and O–H groups in total. The van der Waals surface area contributed by atoms with E-state index in [2.05, 4.69) is 22.9 Å². The number of benzene rings is 1. The van der Waals surface area contributed by atoms with Crippen molar-refractivity contribution in [2.45, 2.75) is 0 Å². The van der Waals surface area contributed by atoms with Crippen LogP contribution in [-0.4, -0.2) is 23.0 Å². The lowest BCUT2D eigenvalue weighted by Crippen LogP contribution is -2.06. The van der Waals surface area contributed by atoms with Crippen LogP contribution in [0.4, 0.5) is 11.4 Å². The Bertz CT molecular complexity index is 507. The van der Waals surface area contributed by atoms with E-state index in [1.807, 2.05) is 29.4 Å². The lowest BCUT2D eigenvalue weighted by molar-refractivity contribution is 1.23. The Kier molecular flexibility index (Phi) is 4.28. The topological polar surface area (TPSA) is 50.9 Å². The summed E-state index contributed by atoms with van der Waals surface area (Å²) in [5.41, 5.74) is 10.5. The molecule has 0 radical (unpaired) electrons. The van der Waals surface area contributed by atoms with Gasteiger partial charge in [0.05, 0.1) is 21.6 Å². The van der Waals surface area contributed by atoms with Crippen LogP contribution in [0.2, 0.25) is 0 Å². The lowest BCUT2D eigenvalue weighted by atomic mass is 10.2. The van der Waals surface area contributed by atoms with Crippen LogP contribution in [0.1, 0.15) is 0 Å². The summed E-state index contributed by atoms with van der Waals surface area (Å²) in [5, 5.41) is 3.34. The summed E-state index contributed by atoms with van der Waals surface area (Å²) in [6.45, 7) is 4.59. The molecule has 0 aliphatic heterocycles. The normalized spacial score (nSPS) is 10.6. The van der Waals surface area contributed by atoms with Gasteiger partial charge in [-0.05, 0) is 12.1 Å². The van der Waals surface area contributed by atoms with E-state index >= 15 is 0 Å². The highest BCUT2D eigenvalue weighted by Crippen LogP contribution is 2.29. The van der Waals surface area contributed by atoms with E-state index in [9.17, 15) is 0 Å². The number of hydrogen-bond donors (Lipinski definition) is 2. The van der Waals surface area contributed by atoms with E-state index in [0.29, 0.717) is 0 Å². The molecule has 0 saturated heterocycles. The van der Waals surface area contributed by atoms with Crippen molar-refractivity contribution >= 4 is 44.7 Å². The van der Waals surface area contributed by atoms with Crippen molar-refractivity contribution in [3.8, 4) is 0 Å². The number of hydrogen-bond acceptors (Lipinski definition) is 5. The Morgan fingerprint density at radius 2 is 2.41 bits per heavy atom. The molecule has 0 saturated carbocycles. The monoisotopic (exact) mass is 265 g/mol. The first-order valence-corrected chi connectivity index (χ1v) is 7.40. The zero-order valence-electron chi connectivity index (χ0n) is 9.48. The van der Waals surface area contributed by atoms with Crippen LogP contribution in [0.25, 0.3) is 10.2 Å². The number of fused-ring (bicyclic) bond motifs is 1. The van der Waals surface area contributed by atoms with E-state index in [4.69, 9.17) is 5.73 Å². The molecule has 90 valence electrons. The van der Waals surface area contributed by atoms with Crippen molar-refractivity contribution in [3.63, 3.8) is 0 Å². The fraction of sp³-hybridized carbons (Fsp3) is 0.250. The summed E-state index contributed by atoms with van der Waals surface area (Å²) in [6.07, 6.45) is 1.92. The number of rotatable bonds is 6. The van der Waals surface area contributed by atoms with Gasteiger partial charge in [-0.1, -0.05) is 6.08 Å². The second-order valence-electron chi connectivity index (χ2n) is 3.52. The molecular formula is C12H15N3S2. The Hall–Kier alpha value is -1.20. The molecule has 5 heteroatoms. The van der Waals surface area contributed by atoms with Gasteiger partial charge in [0.25, 0.3) is 0 Å². The number of anilines is 2. The molecule has 0 aliphatic rings. The maximum absolute atomic E-state index is 6.06. The highest BCUT2D eigenvalue weighted by atomic mass is 32.2. The molecule has 17 heavy (non-hydrogen) atoms. The van der Waals surface area contributed by atoms with Gasteiger partial charge < -0.3 is 11.1 Å². The second-order valence-corrected chi connectivity index (χ2v) is 5.55. The second kappa shape index (κ2) is 5.93. The summed E-state index contributed by atoms with van der Waals surface area (Å²) in [4.78, 5) is 4.27. The van der Waals surface area contributed by atoms with E-state index in [-0.39, 0.29) is 0 Å². The molecule has 1 heterocycles. The van der Waals surface area contributed by atoms with Crippen molar-refractivity contribution in [2.24, 2.45) is 0 Å². The maximum atomic E-state index is 6.06. The molecule has 0 spiro atoms. The summed E-state index contributed by atoms with van der Waals surface area (Å²) in [5.74, 6) is 2.03. The van der Waals surface area contributed by atoms with E-state index in [1.54, 1.807) is 11.3 Å². The van der Waals surface area contributed by atoms with Crippen LogP contribution in [0.3, 0.4) is 0 Å². The fourth-order valence-corrected chi connectivity index (χ4v) is 2.80. The Morgan fingerprint density at radius 3 is 3.24 bits per heavy atom. The Labute approximate surface area is 109 Å². The van der Waals surface area contributed by atoms with Gasteiger partial charge in [0, 0.05) is 18.1 Å². The maximum Gasteiger partial charge on any atom is 0.106 e. The highest BCUT2D eigenvalue weighted by Gasteiger charge is 2.05. The van der Waals surface area contributed by atoms with Gasteiger partial charge in [-0.15, -0.1) is 17.9 Å². The van der Waals surface area contributed by atoms with Gasteiger partial charge in [0.1, 0.15) is 5.52 Å². The number of nitrogens with zero attached hydrogens (tertiary/aromatic N) is 1. The third kappa shape index (κ3) is 2.92. The molecule has 1 aromatic carbocycles. The lowest BCUT2D eigenvalue weighted by Gasteiger charge is -2.09. The predicted octanol–water partition coefficient (Wildman–Crippen LogP) is 3.21. The zero-order valence-corrected chi connectivity index (χ0v) is 11.1. The van der Waals surface area contributed by atoms with Gasteiger partial charge in [-0.3, -0.25) is 0 Å². The molecule has 3 nitrogen and oxygen atoms in total. The molecule has 0 atom stereocenters. The third-order valence-electron chi connectivity index (χ3n) is 2.34. The van der Waals surface area contributed by atoms with Crippen molar-refractivity contribution in [1.29, 1.82) is 0 Å². The number of thiazole rings is 1. The molecule has 0 amide bonds. The van der Waals surface area contributed by atoms with E-state index in [0.717, 1.165) is 39.6 Å². The van der Waals surface area contributed by atoms with E-state index < -0.39 is 0 Å². The van der Waals surface area contributed by atoms with E-state index in [1.165, 1.54) is 0 Å². The van der Waals surface area contributed by atoms with Gasteiger partial charge in [-0.25, -0.2) is 4.98 Å². The Morgan fingerprint density at radius 1 is 1.53 bits per heavy atom. The average Bonchev–Trinajstić information content (AvgIpc) is 2.80. The first-order chi connectivity index (χ1) is 8.33. The molecular weight excluding hydrogens is 250 g/mol. The zero-order chi connectivity index (χ0) is 12.1. The molecule has 0 fully saturated rings. The SMILES string of the molecule is C=CCSCCNc1ccc2scnc2c1N. The van der Waals surface area contributed by atoms with Crippen molar-refractivity contribution in [2.75, 3.05) is 29.1 Å². The van der Waals surface area contributed by atoms with Crippen molar-refractivity contribution in [1.82, 2.24) is 4.98 Å². The number of nitrogen functional groups attached to an aromatic ring is 1. The van der Waals surface area contributed by atoms with Crippen molar-refractivity contribution in [3.05, 3.63) is 30.3 Å². The molecule has 0 aliphatic carbocycles. The van der Waals surface area contributed by atoms with Crippen LogP contribution in [0.5, 0.6) is 0 Å². The summed E-state index contributed by atoms with van der Waals surface area (Å²) < 4.78 is 1.13. The minimum absolute atomic E-state index is 0.748. The summed E-state index contributed by atoms with van der Waals surface area (Å²) >= 11 is 3.46. The first kappa shape index (κ1) is 12.3. The summed E-state index contributed by atoms with van der Waals surface area (Å²) in [6, 6.07) is 4.08. The number of aromatic nitrogens is 1. The standard InChI is InChI=1S/C12H15N3S2/c1-2-6-16-7-5-14-9-3-4-10-12(11(9)13)15-8-17-10/h2-4,8,14H,1,5-7,13H2. The minimum atomic E-state index is 0.748. The average molecular weight is 265 g/mol. The highest BCUT2D eigenvalue weighted by molar-refractivity contribution is 7.99. The number of nitrogens with two attached hydrogens (primary N) is 1. The molecule has 1 aromatic heterocycles. The van der Waals surface area contributed by atoms with Crippen LogP contribution in [-0.2, 0) is 0 Å².